The summed E-state index contributed by atoms with van der Waals surface area (Å²) in [5.74, 6) is -3.18. The van der Waals surface area contributed by atoms with Crippen LogP contribution < -0.4 is 5.32 Å². The maximum atomic E-state index is 14.0. The minimum atomic E-state index is -0.998. The monoisotopic (exact) mass is 564 g/mol. The number of nitrogens with zero attached hydrogens (tertiary/aromatic N) is 3. The van der Waals surface area contributed by atoms with Gasteiger partial charge in [0, 0.05) is 25.5 Å². The Labute approximate surface area is 226 Å². The Bertz CT molecular complexity index is 1290. The van der Waals surface area contributed by atoms with E-state index in [4.69, 9.17) is 4.74 Å². The van der Waals surface area contributed by atoms with E-state index in [1.165, 1.54) is 55.5 Å². The number of hydrogen-bond donors (Lipinski definition) is 1. The molecule has 3 aromatic rings. The highest BCUT2D eigenvalue weighted by Gasteiger charge is 2.23. The molecule has 3 rings (SSSR count). The highest BCUT2D eigenvalue weighted by molar-refractivity contribution is 7.18. The van der Waals surface area contributed by atoms with E-state index < -0.39 is 35.6 Å². The van der Waals surface area contributed by atoms with E-state index in [0.717, 1.165) is 17.4 Å². The Kier molecular flexibility index (Phi) is 10.8. The van der Waals surface area contributed by atoms with Crippen LogP contribution in [0.1, 0.15) is 31.2 Å². The number of aryl methyl sites for hydroxylation is 1. The second kappa shape index (κ2) is 14.2. The van der Waals surface area contributed by atoms with E-state index in [0.29, 0.717) is 23.4 Å². The Morgan fingerprint density at radius 1 is 1.05 bits per heavy atom. The van der Waals surface area contributed by atoms with Crippen molar-refractivity contribution >= 4 is 34.4 Å². The summed E-state index contributed by atoms with van der Waals surface area (Å²) < 4.78 is 50.5. The number of benzene rings is 2. The minimum Gasteiger partial charge on any atom is -0.469 e. The number of ether oxygens (including phenoxy) is 2. The molecule has 0 radical (unpaired) electrons. The SMILES string of the molecule is COC(=O)CCC[C@@H](COC(=O)Nc1nnc(-c2ccc(F)cc2)s1)N(C)C(=O)CCc1cccc(F)c1F. The lowest BCUT2D eigenvalue weighted by Crippen LogP contribution is -2.41. The molecule has 39 heavy (non-hydrogen) atoms. The van der Waals surface area contributed by atoms with Gasteiger partial charge in [-0.15, -0.1) is 10.2 Å². The predicted molar refractivity (Wildman–Crippen MR) is 137 cm³/mol. The summed E-state index contributed by atoms with van der Waals surface area (Å²) >= 11 is 1.06. The highest BCUT2D eigenvalue weighted by atomic mass is 32.1. The van der Waals surface area contributed by atoms with Gasteiger partial charge in [0.2, 0.25) is 11.0 Å². The Hall–Kier alpha value is -4.00. The number of likely N-dealkylation sites (N-methyl/N-ethyl adjacent to an activating group) is 1. The first kappa shape index (κ1) is 29.6. The molecular formula is C26H27F3N4O5S. The van der Waals surface area contributed by atoms with Gasteiger partial charge in [0.25, 0.3) is 0 Å². The fourth-order valence-corrected chi connectivity index (χ4v) is 4.35. The number of aromatic nitrogens is 2. The molecule has 0 saturated heterocycles. The smallest absolute Gasteiger partial charge is 0.413 e. The molecule has 208 valence electrons. The first-order valence-corrected chi connectivity index (χ1v) is 12.8. The second-order valence-electron chi connectivity index (χ2n) is 8.48. The van der Waals surface area contributed by atoms with Crippen LogP contribution in [0, 0.1) is 17.5 Å². The van der Waals surface area contributed by atoms with Gasteiger partial charge in [0.05, 0.1) is 13.2 Å². The van der Waals surface area contributed by atoms with Crippen LogP contribution in [0.4, 0.5) is 23.1 Å². The van der Waals surface area contributed by atoms with Crippen LogP contribution in [-0.2, 0) is 25.5 Å². The molecule has 0 unspecified atom stereocenters. The summed E-state index contributed by atoms with van der Waals surface area (Å²) in [6.45, 7) is -0.201. The van der Waals surface area contributed by atoms with Crippen molar-refractivity contribution in [1.29, 1.82) is 0 Å². The number of nitrogens with one attached hydrogen (secondary N) is 1. The molecule has 1 heterocycles. The number of esters is 1. The van der Waals surface area contributed by atoms with Crippen LogP contribution in [0.25, 0.3) is 10.6 Å². The zero-order valence-electron chi connectivity index (χ0n) is 21.3. The van der Waals surface area contributed by atoms with Crippen molar-refractivity contribution in [2.24, 2.45) is 0 Å². The first-order valence-electron chi connectivity index (χ1n) is 12.0. The number of rotatable bonds is 12. The number of amides is 2. The molecule has 0 aliphatic heterocycles. The fourth-order valence-electron chi connectivity index (χ4n) is 3.61. The van der Waals surface area contributed by atoms with Crippen LogP contribution in [0.15, 0.2) is 42.5 Å². The quantitative estimate of drug-likeness (QED) is 0.309. The predicted octanol–water partition coefficient (Wildman–Crippen LogP) is 4.97. The molecule has 2 aromatic carbocycles. The van der Waals surface area contributed by atoms with E-state index >= 15 is 0 Å². The van der Waals surface area contributed by atoms with Gasteiger partial charge >= 0.3 is 12.1 Å². The molecular weight excluding hydrogens is 537 g/mol. The average Bonchev–Trinajstić information content (AvgIpc) is 3.39. The molecule has 13 heteroatoms. The molecule has 0 fully saturated rings. The van der Waals surface area contributed by atoms with Gasteiger partial charge in [0.15, 0.2) is 11.6 Å². The van der Waals surface area contributed by atoms with Crippen LogP contribution in [-0.4, -0.2) is 59.9 Å². The van der Waals surface area contributed by atoms with Gasteiger partial charge in [-0.25, -0.2) is 18.0 Å². The normalized spacial score (nSPS) is 11.5. The zero-order valence-corrected chi connectivity index (χ0v) is 22.1. The van der Waals surface area contributed by atoms with E-state index in [9.17, 15) is 27.6 Å². The van der Waals surface area contributed by atoms with Gasteiger partial charge in [-0.2, -0.15) is 0 Å². The second-order valence-corrected chi connectivity index (χ2v) is 9.46. The van der Waals surface area contributed by atoms with Crippen molar-refractivity contribution in [3.63, 3.8) is 0 Å². The number of hydrogen-bond acceptors (Lipinski definition) is 8. The third-order valence-corrected chi connectivity index (χ3v) is 6.75. The summed E-state index contributed by atoms with van der Waals surface area (Å²) in [4.78, 5) is 38.1. The molecule has 0 saturated carbocycles. The Morgan fingerprint density at radius 3 is 2.51 bits per heavy atom. The standard InChI is InChI=1S/C26H27F3N4O5S/c1-33(21(34)14-11-16-5-3-7-20(28)23(16)29)19(6-4-8-22(35)37-2)15-38-26(36)30-25-32-31-24(39-25)17-9-12-18(27)13-10-17/h3,5,7,9-10,12-13,19H,4,6,8,11,14-15H2,1-2H3,(H,30,32,36)/t19-/m0/s1. The fraction of sp³-hybridized carbons (Fsp3) is 0.346. The van der Waals surface area contributed by atoms with E-state index in [-0.39, 0.29) is 42.5 Å². The third kappa shape index (κ3) is 8.77. The van der Waals surface area contributed by atoms with Gasteiger partial charge in [-0.3, -0.25) is 14.9 Å². The molecule has 1 atom stereocenters. The summed E-state index contributed by atoms with van der Waals surface area (Å²) in [5, 5.41) is 10.9. The van der Waals surface area contributed by atoms with E-state index in [1.54, 1.807) is 0 Å². The molecule has 0 spiro atoms. The van der Waals surface area contributed by atoms with Crippen molar-refractivity contribution in [3.05, 3.63) is 65.5 Å². The maximum absolute atomic E-state index is 14.0. The van der Waals surface area contributed by atoms with Gasteiger partial charge in [0.1, 0.15) is 17.4 Å². The minimum absolute atomic E-state index is 0.0174. The van der Waals surface area contributed by atoms with Crippen LogP contribution >= 0.6 is 11.3 Å². The summed E-state index contributed by atoms with van der Waals surface area (Å²) in [6.07, 6.45) is -0.184. The molecule has 1 N–H and O–H groups in total. The summed E-state index contributed by atoms with van der Waals surface area (Å²) in [6, 6.07) is 8.80. The first-order chi connectivity index (χ1) is 18.7. The number of anilines is 1. The van der Waals surface area contributed by atoms with Crippen molar-refractivity contribution in [1.82, 2.24) is 15.1 Å². The van der Waals surface area contributed by atoms with Crippen LogP contribution in [0.2, 0.25) is 0 Å². The van der Waals surface area contributed by atoms with Gasteiger partial charge in [-0.1, -0.05) is 23.5 Å². The zero-order chi connectivity index (χ0) is 28.4. The molecule has 0 bridgehead atoms. The van der Waals surface area contributed by atoms with Crippen molar-refractivity contribution in [2.75, 3.05) is 26.1 Å². The van der Waals surface area contributed by atoms with Gasteiger partial charge in [-0.05, 0) is 55.2 Å². The molecule has 1 aromatic heterocycles. The van der Waals surface area contributed by atoms with Crippen LogP contribution in [0.5, 0.6) is 0 Å². The summed E-state index contributed by atoms with van der Waals surface area (Å²) in [7, 11) is 2.78. The van der Waals surface area contributed by atoms with Crippen molar-refractivity contribution in [3.8, 4) is 10.6 Å². The molecule has 0 aliphatic rings. The lowest BCUT2D eigenvalue weighted by Gasteiger charge is -2.28. The highest BCUT2D eigenvalue weighted by Crippen LogP contribution is 2.26. The maximum Gasteiger partial charge on any atom is 0.413 e. The largest absolute Gasteiger partial charge is 0.469 e. The Balaban J connectivity index is 1.58. The molecule has 0 aliphatic carbocycles. The molecule has 2 amide bonds. The van der Waals surface area contributed by atoms with Crippen molar-refractivity contribution < 1.29 is 37.0 Å². The topological polar surface area (TPSA) is 111 Å². The van der Waals surface area contributed by atoms with Crippen LogP contribution in [0.3, 0.4) is 0 Å². The van der Waals surface area contributed by atoms with E-state index in [1.807, 2.05) is 0 Å². The number of carbonyl (C=O) groups excluding carboxylic acids is 3. The van der Waals surface area contributed by atoms with Gasteiger partial charge < -0.3 is 14.4 Å². The third-order valence-electron chi connectivity index (χ3n) is 5.86. The Morgan fingerprint density at radius 2 is 1.79 bits per heavy atom. The molecule has 9 nitrogen and oxygen atoms in total. The summed E-state index contributed by atoms with van der Waals surface area (Å²) in [5.41, 5.74) is 0.700. The number of methoxy groups -OCH3 is 1. The number of carbonyl (C=O) groups is 3. The lowest BCUT2D eigenvalue weighted by atomic mass is 10.1. The van der Waals surface area contributed by atoms with Crippen molar-refractivity contribution in [2.45, 2.75) is 38.1 Å². The van der Waals surface area contributed by atoms with E-state index in [2.05, 4.69) is 20.3 Å². The average molecular weight is 565 g/mol. The number of halogens is 3. The lowest BCUT2D eigenvalue weighted by molar-refractivity contribution is -0.140.